The van der Waals surface area contributed by atoms with Crippen LogP contribution in [0.5, 0.6) is 0 Å². The van der Waals surface area contributed by atoms with Crippen LogP contribution in [0.15, 0.2) is 10.6 Å². The van der Waals surface area contributed by atoms with Gasteiger partial charge < -0.3 is 14.7 Å². The summed E-state index contributed by atoms with van der Waals surface area (Å²) < 4.78 is 5.19. The average Bonchev–Trinajstić information content (AvgIpc) is 2.78. The first-order valence-corrected chi connectivity index (χ1v) is 7.27. The van der Waals surface area contributed by atoms with Crippen molar-refractivity contribution in [3.05, 3.63) is 17.5 Å². The van der Waals surface area contributed by atoms with Crippen molar-refractivity contribution in [3.63, 3.8) is 0 Å². The van der Waals surface area contributed by atoms with Crippen LogP contribution in [0.1, 0.15) is 45.6 Å². The predicted octanol–water partition coefficient (Wildman–Crippen LogP) is 1.63. The van der Waals surface area contributed by atoms with E-state index < -0.39 is 12.1 Å². The van der Waals surface area contributed by atoms with Crippen LogP contribution in [-0.4, -0.2) is 34.0 Å². The zero-order valence-electron chi connectivity index (χ0n) is 13.3. The molecule has 1 fully saturated rings. The summed E-state index contributed by atoms with van der Waals surface area (Å²) in [4.78, 5) is 26.6. The molecule has 0 aliphatic carbocycles. The number of hydrogen-bond acceptors (Lipinski definition) is 4. The monoisotopic (exact) mass is 293 g/mol. The van der Waals surface area contributed by atoms with E-state index in [9.17, 15) is 9.59 Å². The van der Waals surface area contributed by atoms with Gasteiger partial charge in [0.05, 0.1) is 12.2 Å². The molecule has 0 saturated carbocycles. The van der Waals surface area contributed by atoms with Gasteiger partial charge in [0.1, 0.15) is 12.1 Å². The van der Waals surface area contributed by atoms with Crippen molar-refractivity contribution in [3.8, 4) is 0 Å². The Hall–Kier alpha value is -1.85. The lowest BCUT2D eigenvalue weighted by Crippen LogP contribution is -2.66. The molecular formula is C15H23N3O3. The van der Waals surface area contributed by atoms with E-state index in [0.29, 0.717) is 12.2 Å². The molecule has 1 saturated heterocycles. The molecule has 0 radical (unpaired) electrons. The van der Waals surface area contributed by atoms with Gasteiger partial charge in [0.25, 0.3) is 0 Å². The summed E-state index contributed by atoms with van der Waals surface area (Å²) in [5.41, 5.74) is 0.431. The van der Waals surface area contributed by atoms with Gasteiger partial charge >= 0.3 is 0 Å². The van der Waals surface area contributed by atoms with Crippen LogP contribution >= 0.6 is 0 Å². The Kier molecular flexibility index (Phi) is 4.07. The Balaban J connectivity index is 2.28. The van der Waals surface area contributed by atoms with E-state index in [-0.39, 0.29) is 23.8 Å². The molecular weight excluding hydrogens is 270 g/mol. The molecule has 2 unspecified atom stereocenters. The van der Waals surface area contributed by atoms with E-state index in [1.54, 1.807) is 11.0 Å². The number of carbonyl (C=O) groups excluding carboxylic acids is 2. The molecule has 2 atom stereocenters. The number of carbonyl (C=O) groups is 2. The van der Waals surface area contributed by atoms with E-state index in [2.05, 4.69) is 10.5 Å². The summed E-state index contributed by atoms with van der Waals surface area (Å²) in [5.74, 6) is 0.429. The minimum absolute atomic E-state index is 0.0667. The molecule has 1 aromatic rings. The fraction of sp³-hybridized carbons (Fsp3) is 0.667. The van der Waals surface area contributed by atoms with E-state index in [0.717, 1.165) is 5.69 Å². The third-order valence-electron chi connectivity index (χ3n) is 3.75. The summed E-state index contributed by atoms with van der Waals surface area (Å²) in [5, 5.41) is 6.68. The molecule has 2 heterocycles. The zero-order valence-corrected chi connectivity index (χ0v) is 13.3. The van der Waals surface area contributed by atoms with Gasteiger partial charge in [0.2, 0.25) is 11.8 Å². The number of piperazine rings is 1. The largest absolute Gasteiger partial charge is 0.359 e. The number of aryl methyl sites for hydroxylation is 1. The number of aromatic nitrogens is 1. The van der Waals surface area contributed by atoms with Crippen molar-refractivity contribution in [2.45, 2.75) is 59.7 Å². The number of hydrogen-bond donors (Lipinski definition) is 1. The second-order valence-electron chi connectivity index (χ2n) is 6.63. The van der Waals surface area contributed by atoms with Crippen LogP contribution < -0.4 is 5.32 Å². The fourth-order valence-corrected chi connectivity index (χ4v) is 2.60. The SMILES string of the molecule is CCC1C(=O)NC(C(C)(C)C)C(=O)N1Cc1cc(C)no1. The van der Waals surface area contributed by atoms with E-state index in [1.807, 2.05) is 34.6 Å². The van der Waals surface area contributed by atoms with Gasteiger partial charge in [0, 0.05) is 6.07 Å². The summed E-state index contributed by atoms with van der Waals surface area (Å²) in [6, 6.07) is 0.817. The average molecular weight is 293 g/mol. The van der Waals surface area contributed by atoms with Crippen molar-refractivity contribution >= 4 is 11.8 Å². The lowest BCUT2D eigenvalue weighted by Gasteiger charge is -2.42. The highest BCUT2D eigenvalue weighted by Gasteiger charge is 2.44. The third-order valence-corrected chi connectivity index (χ3v) is 3.75. The van der Waals surface area contributed by atoms with Crippen LogP contribution in [0.2, 0.25) is 0 Å². The van der Waals surface area contributed by atoms with Gasteiger partial charge in [-0.2, -0.15) is 0 Å². The van der Waals surface area contributed by atoms with Crippen molar-refractivity contribution in [1.29, 1.82) is 0 Å². The number of nitrogens with one attached hydrogen (secondary N) is 1. The van der Waals surface area contributed by atoms with Crippen LogP contribution in [0.25, 0.3) is 0 Å². The molecule has 1 aromatic heterocycles. The lowest BCUT2D eigenvalue weighted by molar-refractivity contribution is -0.153. The topological polar surface area (TPSA) is 75.4 Å². The van der Waals surface area contributed by atoms with Gasteiger partial charge in [-0.3, -0.25) is 9.59 Å². The normalized spacial score (nSPS) is 23.4. The lowest BCUT2D eigenvalue weighted by atomic mass is 9.83. The summed E-state index contributed by atoms with van der Waals surface area (Å²) in [6.45, 7) is 9.83. The minimum atomic E-state index is -0.517. The maximum atomic E-state index is 12.7. The Morgan fingerprint density at radius 1 is 1.38 bits per heavy atom. The van der Waals surface area contributed by atoms with Crippen LogP contribution in [0.4, 0.5) is 0 Å². The second kappa shape index (κ2) is 5.50. The minimum Gasteiger partial charge on any atom is -0.359 e. The molecule has 116 valence electrons. The standard InChI is InChI=1S/C15H23N3O3/c1-6-11-13(19)16-12(15(3,4)5)14(20)18(11)8-10-7-9(2)17-21-10/h7,11-12H,6,8H2,1-5H3,(H,16,19). The van der Waals surface area contributed by atoms with Gasteiger partial charge in [-0.15, -0.1) is 0 Å². The Bertz CT molecular complexity index is 545. The van der Waals surface area contributed by atoms with E-state index >= 15 is 0 Å². The predicted molar refractivity (Wildman–Crippen MR) is 77.3 cm³/mol. The van der Waals surface area contributed by atoms with Crippen molar-refractivity contribution in [1.82, 2.24) is 15.4 Å². The van der Waals surface area contributed by atoms with Crippen molar-refractivity contribution < 1.29 is 14.1 Å². The van der Waals surface area contributed by atoms with Crippen LogP contribution in [0.3, 0.4) is 0 Å². The number of rotatable bonds is 3. The Morgan fingerprint density at radius 2 is 2.05 bits per heavy atom. The molecule has 21 heavy (non-hydrogen) atoms. The molecule has 1 aliphatic heterocycles. The molecule has 0 aromatic carbocycles. The first kappa shape index (κ1) is 15.5. The van der Waals surface area contributed by atoms with Crippen LogP contribution in [-0.2, 0) is 16.1 Å². The van der Waals surface area contributed by atoms with Crippen molar-refractivity contribution in [2.24, 2.45) is 5.41 Å². The molecule has 6 nitrogen and oxygen atoms in total. The molecule has 1 aliphatic rings. The summed E-state index contributed by atoms with van der Waals surface area (Å²) >= 11 is 0. The quantitative estimate of drug-likeness (QED) is 0.919. The maximum Gasteiger partial charge on any atom is 0.246 e. The molecule has 0 bridgehead atoms. The smallest absolute Gasteiger partial charge is 0.246 e. The fourth-order valence-electron chi connectivity index (χ4n) is 2.60. The van der Waals surface area contributed by atoms with Gasteiger partial charge in [0.15, 0.2) is 5.76 Å². The molecule has 2 rings (SSSR count). The highest BCUT2D eigenvalue weighted by atomic mass is 16.5. The van der Waals surface area contributed by atoms with Crippen LogP contribution in [0, 0.1) is 12.3 Å². The van der Waals surface area contributed by atoms with Gasteiger partial charge in [-0.05, 0) is 18.8 Å². The number of amides is 2. The Morgan fingerprint density at radius 3 is 2.52 bits per heavy atom. The summed E-state index contributed by atoms with van der Waals surface area (Å²) in [6.07, 6.45) is 0.571. The summed E-state index contributed by atoms with van der Waals surface area (Å²) in [7, 11) is 0. The van der Waals surface area contributed by atoms with E-state index in [1.165, 1.54) is 0 Å². The third kappa shape index (κ3) is 3.09. The first-order valence-electron chi connectivity index (χ1n) is 7.27. The highest BCUT2D eigenvalue weighted by Crippen LogP contribution is 2.27. The zero-order chi connectivity index (χ0) is 15.8. The molecule has 2 amide bonds. The Labute approximate surface area is 124 Å². The molecule has 6 heteroatoms. The maximum absolute atomic E-state index is 12.7. The van der Waals surface area contributed by atoms with E-state index in [4.69, 9.17) is 4.52 Å². The molecule has 1 N–H and O–H groups in total. The second-order valence-corrected chi connectivity index (χ2v) is 6.63. The first-order chi connectivity index (χ1) is 9.74. The molecule has 0 spiro atoms. The van der Waals surface area contributed by atoms with Gasteiger partial charge in [-0.25, -0.2) is 0 Å². The highest BCUT2D eigenvalue weighted by molar-refractivity contribution is 5.97. The van der Waals surface area contributed by atoms with Gasteiger partial charge in [-0.1, -0.05) is 32.9 Å². The van der Waals surface area contributed by atoms with Crippen molar-refractivity contribution in [2.75, 3.05) is 0 Å². The number of nitrogens with zero attached hydrogens (tertiary/aromatic N) is 2.